The Morgan fingerprint density at radius 2 is 1.97 bits per heavy atom. The Morgan fingerprint density at radius 1 is 1.18 bits per heavy atom. The third kappa shape index (κ3) is 5.05. The van der Waals surface area contributed by atoms with Crippen molar-refractivity contribution in [3.8, 4) is 17.1 Å². The summed E-state index contributed by atoms with van der Waals surface area (Å²) in [6, 6.07) is 14.8. The summed E-state index contributed by atoms with van der Waals surface area (Å²) >= 11 is 0. The highest BCUT2D eigenvalue weighted by Gasteiger charge is 2.26. The van der Waals surface area contributed by atoms with Crippen molar-refractivity contribution in [1.29, 1.82) is 0 Å². The lowest BCUT2D eigenvalue weighted by molar-refractivity contribution is 0.0976. The Labute approximate surface area is 197 Å². The molecular weight excluding hydrogens is 459 g/mol. The molecule has 0 fully saturated rings. The molecule has 0 aliphatic rings. The number of phenols is 1. The predicted molar refractivity (Wildman–Crippen MR) is 131 cm³/mol. The van der Waals surface area contributed by atoms with Crippen LogP contribution in [0.5, 0.6) is 5.75 Å². The lowest BCUT2D eigenvalue weighted by atomic mass is 10.1. The van der Waals surface area contributed by atoms with E-state index >= 15 is 0 Å². The van der Waals surface area contributed by atoms with Crippen LogP contribution in [0.3, 0.4) is 0 Å². The third-order valence-corrected chi connectivity index (χ3v) is 5.58. The maximum absolute atomic E-state index is 13.3. The molecule has 2 aromatic carbocycles. The average molecular weight is 483 g/mol. The van der Waals surface area contributed by atoms with Gasteiger partial charge in [0.2, 0.25) is 0 Å². The zero-order valence-electron chi connectivity index (χ0n) is 18.4. The fourth-order valence-electron chi connectivity index (χ4n) is 3.60. The maximum atomic E-state index is 13.3. The number of alkyl halides is 2. The molecule has 0 radical (unpaired) electrons. The van der Waals surface area contributed by atoms with Gasteiger partial charge in [-0.05, 0) is 49.0 Å². The number of likely N-dealkylation sites (N-methyl/N-ethyl adjacent to an activating group) is 1. The SMILES string of the molecule is CCNCCn1c(-c2cc(NC(=O)c3ccc(C(F)(F)P)nc3)ccc2O)nc2ccccc21. The van der Waals surface area contributed by atoms with Crippen LogP contribution in [0, 0.1) is 0 Å². The number of carbonyl (C=O) groups excluding carboxylic acids is 1. The van der Waals surface area contributed by atoms with Gasteiger partial charge in [0.25, 0.3) is 11.6 Å². The Balaban J connectivity index is 1.64. The third-order valence-electron chi connectivity index (χ3n) is 5.28. The molecule has 2 heterocycles. The van der Waals surface area contributed by atoms with E-state index in [0.717, 1.165) is 36.4 Å². The van der Waals surface area contributed by atoms with E-state index in [-0.39, 0.29) is 11.3 Å². The molecule has 1 amide bonds. The van der Waals surface area contributed by atoms with Gasteiger partial charge in [0.1, 0.15) is 17.3 Å². The Bertz CT molecular complexity index is 1320. The van der Waals surface area contributed by atoms with Crippen LogP contribution >= 0.6 is 9.24 Å². The fourth-order valence-corrected chi connectivity index (χ4v) is 3.77. The molecule has 4 rings (SSSR count). The van der Waals surface area contributed by atoms with Crippen molar-refractivity contribution in [1.82, 2.24) is 19.9 Å². The number of hydrogen-bond donors (Lipinski definition) is 3. The summed E-state index contributed by atoms with van der Waals surface area (Å²) in [5.74, 6) is 0.0801. The number of nitrogens with one attached hydrogen (secondary N) is 2. The summed E-state index contributed by atoms with van der Waals surface area (Å²) in [6.45, 7) is 4.22. The molecule has 0 spiro atoms. The molecule has 0 saturated carbocycles. The van der Waals surface area contributed by atoms with E-state index in [9.17, 15) is 18.7 Å². The summed E-state index contributed by atoms with van der Waals surface area (Å²) in [5.41, 5.74) is -0.881. The van der Waals surface area contributed by atoms with Crippen molar-refractivity contribution in [2.45, 2.75) is 19.1 Å². The first-order chi connectivity index (χ1) is 16.3. The molecule has 4 aromatic rings. The van der Waals surface area contributed by atoms with E-state index in [1.165, 1.54) is 21.4 Å². The van der Waals surface area contributed by atoms with Crippen molar-refractivity contribution < 1.29 is 18.7 Å². The van der Waals surface area contributed by atoms with Crippen molar-refractivity contribution >= 4 is 31.9 Å². The molecule has 2 aromatic heterocycles. The minimum atomic E-state index is -3.17. The normalized spacial score (nSPS) is 11.6. The van der Waals surface area contributed by atoms with Crippen molar-refractivity contribution in [3.05, 3.63) is 72.1 Å². The smallest absolute Gasteiger partial charge is 0.300 e. The molecule has 1 unspecified atom stereocenters. The van der Waals surface area contributed by atoms with E-state index in [1.54, 1.807) is 12.1 Å². The van der Waals surface area contributed by atoms with Gasteiger partial charge < -0.3 is 20.3 Å². The van der Waals surface area contributed by atoms with Gasteiger partial charge >= 0.3 is 0 Å². The largest absolute Gasteiger partial charge is 0.507 e. The standard InChI is InChI=1S/C24H24F2N5O2P/c1-2-27-11-12-31-19-6-4-3-5-18(19)30-22(31)17-13-16(8-9-20(17)32)29-23(33)15-7-10-21(28-14-15)24(25,26)34/h3-10,13-14,27,32H,2,11-12,34H2,1H3,(H,29,33). The average Bonchev–Trinajstić information content (AvgIpc) is 3.18. The van der Waals surface area contributed by atoms with Gasteiger partial charge in [-0.15, -0.1) is 0 Å². The number of phenolic OH excluding ortho intramolecular Hbond substituents is 1. The van der Waals surface area contributed by atoms with Crippen LogP contribution in [-0.2, 0) is 12.2 Å². The van der Waals surface area contributed by atoms with Crippen molar-refractivity contribution in [2.24, 2.45) is 0 Å². The number of benzene rings is 2. The number of pyridine rings is 1. The number of amides is 1. The Kier molecular flexibility index (Phi) is 6.86. The lowest BCUT2D eigenvalue weighted by Crippen LogP contribution is -2.19. The second kappa shape index (κ2) is 9.83. The van der Waals surface area contributed by atoms with E-state index in [0.29, 0.717) is 23.6 Å². The zero-order valence-corrected chi connectivity index (χ0v) is 19.6. The number of halogens is 2. The number of fused-ring (bicyclic) bond motifs is 1. The molecule has 7 nitrogen and oxygen atoms in total. The molecule has 176 valence electrons. The second-order valence-corrected chi connectivity index (χ2v) is 8.40. The van der Waals surface area contributed by atoms with E-state index < -0.39 is 17.3 Å². The first kappa shape index (κ1) is 23.7. The molecule has 0 aliphatic heterocycles. The van der Waals surface area contributed by atoms with E-state index in [2.05, 4.69) is 15.6 Å². The van der Waals surface area contributed by atoms with Gasteiger partial charge in [-0.25, -0.2) is 4.98 Å². The van der Waals surface area contributed by atoms with Gasteiger partial charge in [-0.2, -0.15) is 8.78 Å². The van der Waals surface area contributed by atoms with Crippen LogP contribution in [0.15, 0.2) is 60.8 Å². The number of carbonyl (C=O) groups is 1. The molecule has 0 aliphatic carbocycles. The van der Waals surface area contributed by atoms with Crippen LogP contribution in [0.25, 0.3) is 22.4 Å². The Morgan fingerprint density at radius 3 is 2.68 bits per heavy atom. The summed E-state index contributed by atoms with van der Waals surface area (Å²) in [5, 5.41) is 16.6. The van der Waals surface area contributed by atoms with Gasteiger partial charge in [-0.1, -0.05) is 28.3 Å². The van der Waals surface area contributed by atoms with E-state index in [1.807, 2.05) is 35.8 Å². The molecule has 10 heteroatoms. The number of nitrogens with zero attached hydrogens (tertiary/aromatic N) is 3. The summed E-state index contributed by atoms with van der Waals surface area (Å²) in [6.07, 6.45) is 1.10. The quantitative estimate of drug-likeness (QED) is 0.194. The number of aromatic hydroxyl groups is 1. The molecule has 34 heavy (non-hydrogen) atoms. The topological polar surface area (TPSA) is 92.1 Å². The van der Waals surface area contributed by atoms with E-state index in [4.69, 9.17) is 4.98 Å². The first-order valence-electron chi connectivity index (χ1n) is 10.7. The van der Waals surface area contributed by atoms with Crippen LogP contribution in [0.4, 0.5) is 14.5 Å². The van der Waals surface area contributed by atoms with Gasteiger partial charge in [0.15, 0.2) is 0 Å². The summed E-state index contributed by atoms with van der Waals surface area (Å²) < 4.78 is 28.7. The highest BCUT2D eigenvalue weighted by atomic mass is 31.0. The molecule has 0 bridgehead atoms. The molecule has 3 N–H and O–H groups in total. The fraction of sp³-hybridized carbons (Fsp3) is 0.208. The Hall–Kier alpha value is -3.42. The molecule has 1 atom stereocenters. The maximum Gasteiger partial charge on any atom is 0.300 e. The highest BCUT2D eigenvalue weighted by molar-refractivity contribution is 7.17. The number of aromatic nitrogens is 3. The number of hydrogen-bond acceptors (Lipinski definition) is 5. The number of anilines is 1. The minimum Gasteiger partial charge on any atom is -0.507 e. The van der Waals surface area contributed by atoms with Gasteiger partial charge in [0.05, 0.1) is 22.2 Å². The highest BCUT2D eigenvalue weighted by Crippen LogP contribution is 2.34. The van der Waals surface area contributed by atoms with Crippen LogP contribution < -0.4 is 10.6 Å². The van der Waals surface area contributed by atoms with Crippen LogP contribution in [0.1, 0.15) is 23.0 Å². The van der Waals surface area contributed by atoms with Crippen LogP contribution in [-0.4, -0.2) is 38.6 Å². The zero-order chi connectivity index (χ0) is 24.3. The van der Waals surface area contributed by atoms with Crippen molar-refractivity contribution in [3.63, 3.8) is 0 Å². The minimum absolute atomic E-state index is 0.0201. The number of imidazole rings is 1. The molecular formula is C24H24F2N5O2P. The predicted octanol–water partition coefficient (Wildman–Crippen LogP) is 4.59. The molecule has 0 saturated heterocycles. The van der Waals surface area contributed by atoms with Crippen molar-refractivity contribution in [2.75, 3.05) is 18.4 Å². The summed E-state index contributed by atoms with van der Waals surface area (Å²) in [4.78, 5) is 21.0. The second-order valence-electron chi connectivity index (χ2n) is 7.67. The first-order valence-corrected chi connectivity index (χ1v) is 11.3. The summed E-state index contributed by atoms with van der Waals surface area (Å²) in [7, 11) is 1.41. The van der Waals surface area contributed by atoms with Gasteiger partial charge in [-0.3, -0.25) is 9.78 Å². The van der Waals surface area contributed by atoms with Crippen LogP contribution in [0.2, 0.25) is 0 Å². The monoisotopic (exact) mass is 483 g/mol. The van der Waals surface area contributed by atoms with Gasteiger partial charge in [0, 0.05) is 25.0 Å². The number of rotatable bonds is 8. The number of para-hydroxylation sites is 2. The lowest BCUT2D eigenvalue weighted by Gasteiger charge is -2.13.